The van der Waals surface area contributed by atoms with E-state index in [1.165, 1.54) is 18.5 Å². The Morgan fingerprint density at radius 1 is 1.35 bits per heavy atom. The van der Waals surface area contributed by atoms with Crippen molar-refractivity contribution in [3.05, 3.63) is 18.0 Å². The van der Waals surface area contributed by atoms with Gasteiger partial charge in [-0.1, -0.05) is 20.3 Å². The quantitative estimate of drug-likeness (QED) is 0.790. The molecule has 1 N–H and O–H groups in total. The lowest BCUT2D eigenvalue weighted by atomic mass is 9.93. The maximum atomic E-state index is 4.62. The number of hydrogen-bond acceptors (Lipinski definition) is 2. The average molecular weight is 237 g/mol. The Bertz CT molecular complexity index is 317. The summed E-state index contributed by atoms with van der Waals surface area (Å²) in [6.07, 6.45) is 5.63. The molecule has 0 aliphatic rings. The number of hydrogen-bond donors (Lipinski definition) is 1. The predicted octanol–water partition coefficient (Wildman–Crippen LogP) is 3.03. The normalized spacial score (nSPS) is 15.2. The molecule has 0 fully saturated rings. The molecule has 3 heteroatoms. The van der Waals surface area contributed by atoms with E-state index in [0.29, 0.717) is 18.0 Å². The summed E-state index contributed by atoms with van der Waals surface area (Å²) in [5.41, 5.74) is 1.20. The van der Waals surface area contributed by atoms with Crippen molar-refractivity contribution in [2.45, 2.75) is 59.0 Å². The van der Waals surface area contributed by atoms with E-state index in [2.05, 4.69) is 57.4 Å². The summed E-state index contributed by atoms with van der Waals surface area (Å²) in [4.78, 5) is 0. The van der Waals surface area contributed by atoms with E-state index in [4.69, 9.17) is 0 Å². The first-order valence-electron chi connectivity index (χ1n) is 6.79. The Labute approximate surface area is 106 Å². The third-order valence-electron chi connectivity index (χ3n) is 3.42. The van der Waals surface area contributed by atoms with E-state index in [-0.39, 0.29) is 0 Å². The summed E-state index contributed by atoms with van der Waals surface area (Å²) in [6, 6.07) is 3.12. The van der Waals surface area contributed by atoms with E-state index in [1.807, 2.05) is 4.68 Å². The van der Waals surface area contributed by atoms with Gasteiger partial charge >= 0.3 is 0 Å². The van der Waals surface area contributed by atoms with Crippen LogP contribution < -0.4 is 5.32 Å². The predicted molar refractivity (Wildman–Crippen MR) is 73.2 cm³/mol. The number of nitrogens with zero attached hydrogens (tertiary/aromatic N) is 2. The van der Waals surface area contributed by atoms with E-state index in [1.54, 1.807) is 0 Å². The smallest absolute Gasteiger partial charge is 0.0640 e. The fourth-order valence-electron chi connectivity index (χ4n) is 2.24. The van der Waals surface area contributed by atoms with Crippen molar-refractivity contribution < 1.29 is 0 Å². The van der Waals surface area contributed by atoms with Gasteiger partial charge < -0.3 is 5.32 Å². The molecule has 0 aliphatic heterocycles. The molecule has 0 saturated carbocycles. The van der Waals surface area contributed by atoms with Crippen molar-refractivity contribution in [2.75, 3.05) is 7.05 Å². The highest BCUT2D eigenvalue weighted by Crippen LogP contribution is 2.15. The number of rotatable bonds is 7. The van der Waals surface area contributed by atoms with Crippen LogP contribution in [0.4, 0.5) is 0 Å². The van der Waals surface area contributed by atoms with Gasteiger partial charge in [0.2, 0.25) is 0 Å². The molecule has 98 valence electrons. The van der Waals surface area contributed by atoms with Crippen LogP contribution in [0.25, 0.3) is 0 Å². The van der Waals surface area contributed by atoms with E-state index < -0.39 is 0 Å². The summed E-state index contributed by atoms with van der Waals surface area (Å²) in [5.74, 6) is 0.703. The fraction of sp³-hybridized carbons (Fsp3) is 0.786. The minimum absolute atomic E-state index is 0.449. The van der Waals surface area contributed by atoms with Gasteiger partial charge in [0.05, 0.1) is 5.69 Å². The second kappa shape index (κ2) is 6.80. The van der Waals surface area contributed by atoms with Crippen molar-refractivity contribution >= 4 is 0 Å². The van der Waals surface area contributed by atoms with Gasteiger partial charge in [0.15, 0.2) is 0 Å². The van der Waals surface area contributed by atoms with Gasteiger partial charge in [-0.2, -0.15) is 5.10 Å². The van der Waals surface area contributed by atoms with Gasteiger partial charge in [0, 0.05) is 24.7 Å². The van der Waals surface area contributed by atoms with E-state index in [0.717, 1.165) is 6.42 Å². The highest BCUT2D eigenvalue weighted by Gasteiger charge is 2.16. The minimum atomic E-state index is 0.449. The lowest BCUT2D eigenvalue weighted by Crippen LogP contribution is -2.34. The molecular weight excluding hydrogens is 210 g/mol. The Balaban J connectivity index is 2.60. The molecule has 3 nitrogen and oxygen atoms in total. The fourth-order valence-corrected chi connectivity index (χ4v) is 2.24. The molecule has 0 saturated heterocycles. The van der Waals surface area contributed by atoms with Gasteiger partial charge in [0.25, 0.3) is 0 Å². The van der Waals surface area contributed by atoms with Crippen molar-refractivity contribution in [3.63, 3.8) is 0 Å². The number of nitrogens with one attached hydrogen (secondary N) is 1. The lowest BCUT2D eigenvalue weighted by Gasteiger charge is -2.22. The minimum Gasteiger partial charge on any atom is -0.316 e. The second-order valence-corrected chi connectivity index (χ2v) is 5.25. The van der Waals surface area contributed by atoms with Crippen LogP contribution in [0, 0.1) is 5.92 Å². The summed E-state index contributed by atoms with van der Waals surface area (Å²) in [5, 5.41) is 8.04. The first-order valence-corrected chi connectivity index (χ1v) is 6.79. The molecule has 2 atom stereocenters. The molecule has 17 heavy (non-hydrogen) atoms. The molecular formula is C14H27N3. The van der Waals surface area contributed by atoms with Crippen molar-refractivity contribution in [3.8, 4) is 0 Å². The Morgan fingerprint density at radius 3 is 2.53 bits per heavy atom. The molecule has 0 aliphatic carbocycles. The zero-order valence-corrected chi connectivity index (χ0v) is 11.9. The zero-order valence-electron chi connectivity index (χ0n) is 11.9. The molecule has 0 bridgehead atoms. The third kappa shape index (κ3) is 4.15. The summed E-state index contributed by atoms with van der Waals surface area (Å²) in [7, 11) is 2.05. The monoisotopic (exact) mass is 237 g/mol. The average Bonchev–Trinajstić information content (AvgIpc) is 2.74. The molecule has 1 heterocycles. The number of likely N-dealkylation sites (N-methyl/N-ethyl adjacent to an activating group) is 1. The third-order valence-corrected chi connectivity index (χ3v) is 3.42. The van der Waals surface area contributed by atoms with E-state index in [9.17, 15) is 0 Å². The van der Waals surface area contributed by atoms with Crippen LogP contribution in [-0.2, 0) is 6.42 Å². The maximum absolute atomic E-state index is 4.62. The van der Waals surface area contributed by atoms with Crippen LogP contribution in [0.1, 0.15) is 52.3 Å². The molecule has 0 amide bonds. The molecule has 0 aromatic carbocycles. The van der Waals surface area contributed by atoms with Crippen LogP contribution in [0.3, 0.4) is 0 Å². The van der Waals surface area contributed by atoms with Crippen molar-refractivity contribution in [1.29, 1.82) is 0 Å². The topological polar surface area (TPSA) is 29.9 Å². The molecule has 0 spiro atoms. The maximum Gasteiger partial charge on any atom is 0.0640 e. The van der Waals surface area contributed by atoms with Crippen LogP contribution in [-0.4, -0.2) is 22.9 Å². The van der Waals surface area contributed by atoms with Gasteiger partial charge in [0.1, 0.15) is 0 Å². The standard InChI is InChI=1S/C14H27N3/c1-6-7-12(4)14(15-5)10-13-8-9-17(16-13)11(2)3/h8-9,11-12,14-15H,6-7,10H2,1-5H3. The van der Waals surface area contributed by atoms with Crippen LogP contribution in [0.5, 0.6) is 0 Å². The SMILES string of the molecule is CCCC(C)C(Cc1ccn(C(C)C)n1)NC. The van der Waals surface area contributed by atoms with Gasteiger partial charge in [-0.15, -0.1) is 0 Å². The Hall–Kier alpha value is -0.830. The molecule has 1 rings (SSSR count). The largest absolute Gasteiger partial charge is 0.316 e. The highest BCUT2D eigenvalue weighted by atomic mass is 15.3. The molecule has 0 radical (unpaired) electrons. The summed E-state index contributed by atoms with van der Waals surface area (Å²) >= 11 is 0. The van der Waals surface area contributed by atoms with Crippen LogP contribution in [0.15, 0.2) is 12.3 Å². The molecule has 1 aromatic heterocycles. The van der Waals surface area contributed by atoms with Crippen LogP contribution in [0.2, 0.25) is 0 Å². The molecule has 1 aromatic rings. The summed E-state index contributed by atoms with van der Waals surface area (Å²) < 4.78 is 2.03. The van der Waals surface area contributed by atoms with Gasteiger partial charge in [-0.3, -0.25) is 4.68 Å². The second-order valence-electron chi connectivity index (χ2n) is 5.25. The first kappa shape index (κ1) is 14.2. The molecule has 2 unspecified atom stereocenters. The summed E-state index contributed by atoms with van der Waals surface area (Å²) in [6.45, 7) is 8.89. The van der Waals surface area contributed by atoms with Crippen molar-refractivity contribution in [1.82, 2.24) is 15.1 Å². The highest BCUT2D eigenvalue weighted by molar-refractivity contribution is 5.02. The van der Waals surface area contributed by atoms with E-state index >= 15 is 0 Å². The van der Waals surface area contributed by atoms with Crippen molar-refractivity contribution in [2.24, 2.45) is 5.92 Å². The lowest BCUT2D eigenvalue weighted by molar-refractivity contribution is 0.367. The Morgan fingerprint density at radius 2 is 2.06 bits per heavy atom. The van der Waals surface area contributed by atoms with Crippen LogP contribution >= 0.6 is 0 Å². The van der Waals surface area contributed by atoms with Gasteiger partial charge in [-0.25, -0.2) is 0 Å². The Kier molecular flexibility index (Phi) is 5.69. The van der Waals surface area contributed by atoms with Gasteiger partial charge in [-0.05, 0) is 39.3 Å². The first-order chi connectivity index (χ1) is 8.08. The number of aromatic nitrogens is 2. The zero-order chi connectivity index (χ0) is 12.8.